The molecule has 19 heavy (non-hydrogen) atoms. The maximum atomic E-state index is 9.12. The molecule has 0 aromatic rings. The molecule has 1 saturated carbocycles. The monoisotopic (exact) mass is 282 g/mol. The fourth-order valence-electron chi connectivity index (χ4n) is 2.12. The van der Waals surface area contributed by atoms with Gasteiger partial charge in [-0.25, -0.2) is 0 Å². The molecule has 108 valence electrons. The van der Waals surface area contributed by atoms with Gasteiger partial charge in [0.25, 0.3) is 0 Å². The lowest BCUT2D eigenvalue weighted by Crippen LogP contribution is -2.45. The zero-order valence-electron chi connectivity index (χ0n) is 12.5. The number of hydrogen-bond donors (Lipinski definition) is 2. The summed E-state index contributed by atoms with van der Waals surface area (Å²) in [5.74, 6) is 0.967. The summed E-state index contributed by atoms with van der Waals surface area (Å²) in [5.41, 5.74) is 0. The van der Waals surface area contributed by atoms with Gasteiger partial charge in [0.2, 0.25) is 0 Å². The summed E-state index contributed by atoms with van der Waals surface area (Å²) in [4.78, 5) is 4.65. The van der Waals surface area contributed by atoms with Gasteiger partial charge in [0, 0.05) is 17.3 Å². The Morgan fingerprint density at radius 2 is 2.21 bits per heavy atom. The van der Waals surface area contributed by atoms with E-state index in [0.29, 0.717) is 0 Å². The molecular weight excluding hydrogens is 256 g/mol. The van der Waals surface area contributed by atoms with Gasteiger partial charge in [0.1, 0.15) is 0 Å². The standard InChI is InChI=1S/C14H26N4S/c1-5-16-13(17-10-14(2,3)19-4)18-12-8-6-7-11(12)9-15/h11-12H,5-8,10H2,1-4H3,(H2,16,17,18). The number of nitrogens with one attached hydrogen (secondary N) is 2. The van der Waals surface area contributed by atoms with Crippen LogP contribution in [-0.4, -0.2) is 36.1 Å². The van der Waals surface area contributed by atoms with E-state index < -0.39 is 0 Å². The Bertz CT molecular complexity index is 346. The van der Waals surface area contributed by atoms with Gasteiger partial charge in [-0.3, -0.25) is 4.99 Å². The predicted octanol–water partition coefficient (Wildman–Crippen LogP) is 2.38. The second-order valence-corrected chi connectivity index (χ2v) is 7.09. The van der Waals surface area contributed by atoms with Crippen LogP contribution in [0.2, 0.25) is 0 Å². The van der Waals surface area contributed by atoms with Crippen molar-refractivity contribution in [2.75, 3.05) is 19.3 Å². The number of thioether (sulfide) groups is 1. The zero-order chi connectivity index (χ0) is 14.3. The van der Waals surface area contributed by atoms with Crippen LogP contribution >= 0.6 is 11.8 Å². The van der Waals surface area contributed by atoms with Gasteiger partial charge in [-0.2, -0.15) is 17.0 Å². The number of guanidine groups is 1. The highest BCUT2D eigenvalue weighted by molar-refractivity contribution is 7.99. The first kappa shape index (κ1) is 16.2. The zero-order valence-corrected chi connectivity index (χ0v) is 13.3. The van der Waals surface area contributed by atoms with Crippen LogP contribution < -0.4 is 10.6 Å². The first-order valence-electron chi connectivity index (χ1n) is 7.02. The Balaban J connectivity index is 2.62. The Labute approximate surface area is 121 Å². The van der Waals surface area contributed by atoms with E-state index in [0.717, 1.165) is 38.3 Å². The van der Waals surface area contributed by atoms with Crippen LogP contribution in [-0.2, 0) is 0 Å². The van der Waals surface area contributed by atoms with Crippen LogP contribution in [0.4, 0.5) is 0 Å². The molecule has 0 amide bonds. The third kappa shape index (κ3) is 5.32. The minimum Gasteiger partial charge on any atom is -0.357 e. The van der Waals surface area contributed by atoms with E-state index >= 15 is 0 Å². The van der Waals surface area contributed by atoms with Crippen molar-refractivity contribution in [2.45, 2.75) is 50.8 Å². The lowest BCUT2D eigenvalue weighted by atomic mass is 10.1. The largest absolute Gasteiger partial charge is 0.357 e. The Hall–Kier alpha value is -0.890. The molecule has 0 aromatic heterocycles. The molecule has 4 nitrogen and oxygen atoms in total. The highest BCUT2D eigenvalue weighted by atomic mass is 32.2. The van der Waals surface area contributed by atoms with Crippen LogP contribution in [0.3, 0.4) is 0 Å². The second kappa shape index (κ2) is 7.64. The molecule has 1 rings (SSSR count). The second-order valence-electron chi connectivity index (χ2n) is 5.58. The number of nitriles is 1. The van der Waals surface area contributed by atoms with E-state index in [2.05, 4.69) is 48.7 Å². The summed E-state index contributed by atoms with van der Waals surface area (Å²) in [6, 6.07) is 2.65. The highest BCUT2D eigenvalue weighted by Crippen LogP contribution is 2.25. The molecule has 1 aliphatic carbocycles. The third-order valence-electron chi connectivity index (χ3n) is 3.52. The fourth-order valence-corrected chi connectivity index (χ4v) is 2.31. The van der Waals surface area contributed by atoms with Gasteiger partial charge >= 0.3 is 0 Å². The summed E-state index contributed by atoms with van der Waals surface area (Å²) in [7, 11) is 0. The molecule has 0 radical (unpaired) electrons. The first-order valence-corrected chi connectivity index (χ1v) is 8.24. The molecule has 0 spiro atoms. The fraction of sp³-hybridized carbons (Fsp3) is 0.857. The van der Waals surface area contributed by atoms with Crippen molar-refractivity contribution in [3.05, 3.63) is 0 Å². The van der Waals surface area contributed by atoms with Crippen molar-refractivity contribution >= 4 is 17.7 Å². The van der Waals surface area contributed by atoms with Crippen LogP contribution in [0.5, 0.6) is 0 Å². The van der Waals surface area contributed by atoms with E-state index in [1.54, 1.807) is 0 Å². The van der Waals surface area contributed by atoms with Crippen LogP contribution in [0.1, 0.15) is 40.0 Å². The van der Waals surface area contributed by atoms with Crippen molar-refractivity contribution < 1.29 is 0 Å². The lowest BCUT2D eigenvalue weighted by molar-refractivity contribution is 0.531. The van der Waals surface area contributed by atoms with Gasteiger partial charge in [0.05, 0.1) is 18.5 Å². The van der Waals surface area contributed by atoms with Crippen molar-refractivity contribution in [3.8, 4) is 6.07 Å². The van der Waals surface area contributed by atoms with E-state index in [-0.39, 0.29) is 16.7 Å². The molecular formula is C14H26N4S. The molecule has 2 N–H and O–H groups in total. The average Bonchev–Trinajstić information content (AvgIpc) is 2.83. The molecule has 2 atom stereocenters. The Morgan fingerprint density at radius 1 is 1.47 bits per heavy atom. The van der Waals surface area contributed by atoms with E-state index in [9.17, 15) is 0 Å². The number of nitrogens with zero attached hydrogens (tertiary/aromatic N) is 2. The normalized spacial score (nSPS) is 24.1. The maximum Gasteiger partial charge on any atom is 0.191 e. The minimum atomic E-state index is 0.123. The van der Waals surface area contributed by atoms with Crippen molar-refractivity contribution in [1.82, 2.24) is 10.6 Å². The summed E-state index contributed by atoms with van der Waals surface area (Å²) in [6.07, 6.45) is 5.31. The first-order chi connectivity index (χ1) is 9.02. The van der Waals surface area contributed by atoms with E-state index in [4.69, 9.17) is 5.26 Å². The van der Waals surface area contributed by atoms with Crippen LogP contribution in [0, 0.1) is 17.2 Å². The topological polar surface area (TPSA) is 60.2 Å². The van der Waals surface area contributed by atoms with Gasteiger partial charge in [-0.1, -0.05) is 0 Å². The maximum absolute atomic E-state index is 9.12. The van der Waals surface area contributed by atoms with Crippen molar-refractivity contribution in [2.24, 2.45) is 10.9 Å². The number of rotatable bonds is 5. The molecule has 2 unspecified atom stereocenters. The summed E-state index contributed by atoms with van der Waals surface area (Å²) in [6.45, 7) is 8.06. The van der Waals surface area contributed by atoms with Crippen molar-refractivity contribution in [3.63, 3.8) is 0 Å². The van der Waals surface area contributed by atoms with Crippen LogP contribution in [0.25, 0.3) is 0 Å². The molecule has 0 aromatic carbocycles. The minimum absolute atomic E-state index is 0.123. The van der Waals surface area contributed by atoms with Gasteiger partial charge in [0.15, 0.2) is 5.96 Å². The molecule has 0 aliphatic heterocycles. The lowest BCUT2D eigenvalue weighted by Gasteiger charge is -2.22. The molecule has 0 heterocycles. The SMILES string of the molecule is CCNC(=NCC(C)(C)SC)NC1CCCC1C#N. The number of hydrogen-bond acceptors (Lipinski definition) is 3. The number of aliphatic imine (C=N–C) groups is 1. The summed E-state index contributed by atoms with van der Waals surface area (Å²) < 4.78 is 0.145. The van der Waals surface area contributed by atoms with Crippen molar-refractivity contribution in [1.29, 1.82) is 5.26 Å². The molecule has 0 saturated heterocycles. The van der Waals surface area contributed by atoms with Gasteiger partial charge in [-0.05, 0) is 46.3 Å². The molecule has 0 bridgehead atoms. The molecule has 5 heteroatoms. The summed E-state index contributed by atoms with van der Waals surface area (Å²) in [5, 5.41) is 15.8. The summed E-state index contributed by atoms with van der Waals surface area (Å²) >= 11 is 1.82. The van der Waals surface area contributed by atoms with Gasteiger partial charge < -0.3 is 10.6 Å². The van der Waals surface area contributed by atoms with Crippen LogP contribution in [0.15, 0.2) is 4.99 Å². The smallest absolute Gasteiger partial charge is 0.191 e. The average molecular weight is 282 g/mol. The third-order valence-corrected chi connectivity index (χ3v) is 4.75. The Kier molecular flexibility index (Phi) is 6.50. The van der Waals surface area contributed by atoms with Gasteiger partial charge in [-0.15, -0.1) is 0 Å². The quantitative estimate of drug-likeness (QED) is 0.600. The predicted molar refractivity (Wildman–Crippen MR) is 83.5 cm³/mol. The molecule has 1 aliphatic rings. The van der Waals surface area contributed by atoms with E-state index in [1.807, 2.05) is 11.8 Å². The highest BCUT2D eigenvalue weighted by Gasteiger charge is 2.27. The van der Waals surface area contributed by atoms with E-state index in [1.165, 1.54) is 0 Å². The molecule has 1 fully saturated rings. The Morgan fingerprint density at radius 3 is 2.79 bits per heavy atom.